The van der Waals surface area contributed by atoms with Crippen molar-refractivity contribution in [1.82, 2.24) is 5.06 Å². The highest BCUT2D eigenvalue weighted by molar-refractivity contribution is 5.04. The average molecular weight is 258 g/mol. The number of ether oxygens (including phenoxy) is 2. The van der Waals surface area contributed by atoms with Crippen LogP contribution in [0, 0.1) is 0 Å². The fourth-order valence-corrected chi connectivity index (χ4v) is 3.73. The summed E-state index contributed by atoms with van der Waals surface area (Å²) in [7, 11) is 0. The number of hydroxylamine groups is 2. The molecule has 2 fully saturated rings. The quantitative estimate of drug-likeness (QED) is 0.713. The lowest BCUT2D eigenvalue weighted by atomic mass is 9.73. The van der Waals surface area contributed by atoms with Gasteiger partial charge in [-0.1, -0.05) is 18.9 Å². The molecule has 2 aliphatic heterocycles. The van der Waals surface area contributed by atoms with E-state index in [0.29, 0.717) is 6.61 Å². The van der Waals surface area contributed by atoms with Crippen molar-refractivity contribution in [2.24, 2.45) is 0 Å². The van der Waals surface area contributed by atoms with E-state index in [1.807, 2.05) is 0 Å². The predicted molar refractivity (Wildman–Crippen MR) is 71.3 cm³/mol. The third kappa shape index (κ3) is 2.09. The van der Waals surface area contributed by atoms with Gasteiger partial charge in [-0.3, -0.25) is 0 Å². The fourth-order valence-electron chi connectivity index (χ4n) is 3.73. The summed E-state index contributed by atoms with van der Waals surface area (Å²) in [6.45, 7) is 11.3. The zero-order valence-electron chi connectivity index (χ0n) is 12.4. The van der Waals surface area contributed by atoms with Gasteiger partial charge in [0.15, 0.2) is 5.79 Å². The molecule has 2 N–H and O–H groups in total. The highest BCUT2D eigenvalue weighted by Crippen LogP contribution is 2.49. The molecule has 0 aromatic rings. The third-order valence-corrected chi connectivity index (χ3v) is 4.69. The molecule has 0 aromatic heterocycles. The predicted octanol–water partition coefficient (Wildman–Crippen LogP) is 2.19. The molecule has 2 rings (SSSR count). The molecule has 106 valence electrons. The maximum absolute atomic E-state index is 8.50. The molecule has 2 unspecified atom stereocenters. The Labute approximate surface area is 110 Å². The summed E-state index contributed by atoms with van der Waals surface area (Å²) in [5.41, 5.74) is -0.347. The van der Waals surface area contributed by atoms with Crippen LogP contribution in [-0.4, -0.2) is 39.8 Å². The van der Waals surface area contributed by atoms with Crippen molar-refractivity contribution in [3.8, 4) is 0 Å². The van der Waals surface area contributed by atoms with Crippen LogP contribution in [0.4, 0.5) is 0 Å². The van der Waals surface area contributed by atoms with Crippen LogP contribution in [0.25, 0.3) is 0 Å². The Morgan fingerprint density at radius 2 is 1.83 bits per heavy atom. The lowest BCUT2D eigenvalue weighted by Gasteiger charge is -2.53. The highest BCUT2D eigenvalue weighted by atomic mass is 16.7. The van der Waals surface area contributed by atoms with Crippen molar-refractivity contribution in [2.45, 2.75) is 83.3 Å². The van der Waals surface area contributed by atoms with Crippen molar-refractivity contribution in [3.63, 3.8) is 0 Å². The van der Waals surface area contributed by atoms with Gasteiger partial charge in [-0.15, -0.1) is 0 Å². The van der Waals surface area contributed by atoms with Crippen LogP contribution in [0.2, 0.25) is 0 Å². The van der Waals surface area contributed by atoms with E-state index >= 15 is 0 Å². The summed E-state index contributed by atoms with van der Waals surface area (Å²) in [6, 6.07) is 0. The first-order valence-corrected chi connectivity index (χ1v) is 7.12. The minimum absolute atomic E-state index is 0.133. The van der Waals surface area contributed by atoms with Crippen LogP contribution in [0.3, 0.4) is 0 Å². The van der Waals surface area contributed by atoms with Gasteiger partial charge < -0.3 is 14.7 Å². The SMILES string of the molecule is CCC1(CC)CC2(CC(C)(C)N1[OH2+])OCC(C)O2. The zero-order chi connectivity index (χ0) is 13.6. The summed E-state index contributed by atoms with van der Waals surface area (Å²) in [4.78, 5) is 0. The van der Waals surface area contributed by atoms with Crippen molar-refractivity contribution in [1.29, 1.82) is 0 Å². The standard InChI is InChI=1S/C14H27NO3/c1-6-13(7-2)10-14(17-8-11(3)18-14)9-12(4,5)15(13)16/h11,16H,6-10H2,1-5H3/p+1. The molecular weight excluding hydrogens is 230 g/mol. The van der Waals surface area contributed by atoms with E-state index in [-0.39, 0.29) is 17.2 Å². The van der Waals surface area contributed by atoms with E-state index in [1.54, 1.807) is 5.06 Å². The molecule has 18 heavy (non-hydrogen) atoms. The molecule has 4 heteroatoms. The molecule has 2 atom stereocenters. The van der Waals surface area contributed by atoms with Crippen LogP contribution in [0.1, 0.15) is 60.3 Å². The molecule has 4 nitrogen and oxygen atoms in total. The molecule has 2 heterocycles. The van der Waals surface area contributed by atoms with Gasteiger partial charge in [-0.05, 0) is 33.6 Å². The zero-order valence-corrected chi connectivity index (χ0v) is 12.4. The van der Waals surface area contributed by atoms with Gasteiger partial charge in [0.1, 0.15) is 0 Å². The molecule has 0 aliphatic carbocycles. The lowest BCUT2D eigenvalue weighted by Crippen LogP contribution is -2.66. The van der Waals surface area contributed by atoms with Gasteiger partial charge in [-0.25, -0.2) is 0 Å². The smallest absolute Gasteiger partial charge is 0.172 e. The van der Waals surface area contributed by atoms with E-state index in [0.717, 1.165) is 25.7 Å². The van der Waals surface area contributed by atoms with Gasteiger partial charge >= 0.3 is 0 Å². The highest BCUT2D eigenvalue weighted by Gasteiger charge is 2.60. The van der Waals surface area contributed by atoms with E-state index in [4.69, 9.17) is 14.7 Å². The molecular formula is C14H28NO3+. The van der Waals surface area contributed by atoms with Crippen LogP contribution in [0.5, 0.6) is 0 Å². The van der Waals surface area contributed by atoms with Crippen molar-refractivity contribution in [3.05, 3.63) is 0 Å². The van der Waals surface area contributed by atoms with E-state index in [2.05, 4.69) is 34.6 Å². The molecule has 2 saturated heterocycles. The average Bonchev–Trinajstić information content (AvgIpc) is 2.65. The second-order valence-electron chi connectivity index (χ2n) is 6.58. The number of piperidine rings is 1. The molecule has 0 radical (unpaired) electrons. The number of rotatable bonds is 2. The second-order valence-corrected chi connectivity index (χ2v) is 6.58. The van der Waals surface area contributed by atoms with Gasteiger partial charge in [0.25, 0.3) is 0 Å². The minimum atomic E-state index is -0.466. The molecule has 0 amide bonds. The van der Waals surface area contributed by atoms with Gasteiger partial charge in [0, 0.05) is 12.8 Å². The molecule has 0 saturated carbocycles. The second kappa shape index (κ2) is 4.44. The summed E-state index contributed by atoms with van der Waals surface area (Å²) >= 11 is 0. The minimum Gasteiger partial charge on any atom is -0.347 e. The van der Waals surface area contributed by atoms with Gasteiger partial charge in [-0.2, -0.15) is 0 Å². The number of nitrogens with zero attached hydrogens (tertiary/aromatic N) is 1. The molecule has 1 spiro atoms. The Kier molecular flexibility index (Phi) is 3.52. The van der Waals surface area contributed by atoms with Crippen LogP contribution in [-0.2, 0) is 9.47 Å². The Bertz CT molecular complexity index is 314. The third-order valence-electron chi connectivity index (χ3n) is 4.69. The normalized spacial score (nSPS) is 39.3. The molecule has 0 bridgehead atoms. The maximum Gasteiger partial charge on any atom is 0.172 e. The summed E-state index contributed by atoms with van der Waals surface area (Å²) in [5.74, 6) is -0.466. The first kappa shape index (κ1) is 14.3. The van der Waals surface area contributed by atoms with Crippen LogP contribution < -0.4 is 0 Å². The maximum atomic E-state index is 8.50. The first-order valence-electron chi connectivity index (χ1n) is 7.12. The monoisotopic (exact) mass is 258 g/mol. The Morgan fingerprint density at radius 3 is 2.28 bits per heavy atom. The van der Waals surface area contributed by atoms with E-state index in [9.17, 15) is 0 Å². The summed E-state index contributed by atoms with van der Waals surface area (Å²) in [5, 5.41) is 10.3. The van der Waals surface area contributed by atoms with Gasteiger partial charge in [0.05, 0.1) is 23.8 Å². The molecule has 0 aromatic carbocycles. The Balaban J connectivity index is 2.33. The van der Waals surface area contributed by atoms with Crippen molar-refractivity contribution in [2.75, 3.05) is 6.61 Å². The largest absolute Gasteiger partial charge is 0.347 e. The summed E-state index contributed by atoms with van der Waals surface area (Å²) < 4.78 is 12.1. The lowest BCUT2D eigenvalue weighted by molar-refractivity contribution is -0.326. The Hall–Kier alpha value is -0.160. The number of hydrogen-bond acceptors (Lipinski definition) is 3. The van der Waals surface area contributed by atoms with E-state index < -0.39 is 5.79 Å². The molecule has 2 aliphatic rings. The topological polar surface area (TPSA) is 44.6 Å². The summed E-state index contributed by atoms with van der Waals surface area (Å²) in [6.07, 6.45) is 3.67. The van der Waals surface area contributed by atoms with Gasteiger partial charge in [0.2, 0.25) is 0 Å². The first-order chi connectivity index (χ1) is 8.29. The van der Waals surface area contributed by atoms with Crippen molar-refractivity contribution < 1.29 is 14.7 Å². The van der Waals surface area contributed by atoms with Crippen LogP contribution in [0.15, 0.2) is 0 Å². The number of hydrogen-bond donors (Lipinski definition) is 0. The van der Waals surface area contributed by atoms with Crippen molar-refractivity contribution >= 4 is 0 Å². The van der Waals surface area contributed by atoms with E-state index in [1.165, 1.54) is 0 Å². The fraction of sp³-hybridized carbons (Fsp3) is 1.00. The van der Waals surface area contributed by atoms with Crippen LogP contribution >= 0.6 is 0 Å². The Morgan fingerprint density at radius 1 is 1.22 bits per heavy atom.